The molecule has 1 unspecified atom stereocenters. The number of piperidine rings is 1. The first-order valence-electron chi connectivity index (χ1n) is 8.73. The van der Waals surface area contributed by atoms with Crippen LogP contribution in [0.3, 0.4) is 0 Å². The highest BCUT2D eigenvalue weighted by Gasteiger charge is 2.39. The minimum Gasteiger partial charge on any atom is -0.489 e. The molecule has 24 heavy (non-hydrogen) atoms. The number of benzene rings is 1. The molecule has 1 amide bonds. The second-order valence-corrected chi connectivity index (χ2v) is 7.70. The molecule has 1 N–H and O–H groups in total. The predicted octanol–water partition coefficient (Wildman–Crippen LogP) is 2.52. The smallest absolute Gasteiger partial charge is 0.255 e. The zero-order valence-corrected chi connectivity index (χ0v) is 15.0. The largest absolute Gasteiger partial charge is 0.489 e. The minimum atomic E-state index is -0.0713. The van der Waals surface area contributed by atoms with Crippen molar-refractivity contribution in [1.82, 2.24) is 10.2 Å². The van der Waals surface area contributed by atoms with Crippen LogP contribution < -0.4 is 15.0 Å². The van der Waals surface area contributed by atoms with Crippen LogP contribution in [0.15, 0.2) is 12.1 Å². The van der Waals surface area contributed by atoms with Crippen molar-refractivity contribution in [1.29, 1.82) is 0 Å². The van der Waals surface area contributed by atoms with E-state index in [1.165, 1.54) is 12.8 Å². The molecule has 0 saturated carbocycles. The maximum absolute atomic E-state index is 12.9. The van der Waals surface area contributed by atoms with E-state index in [1.54, 1.807) is 6.07 Å². The molecule has 3 aliphatic rings. The Bertz CT molecular complexity index is 652. The third kappa shape index (κ3) is 2.74. The van der Waals surface area contributed by atoms with Gasteiger partial charge in [-0.25, -0.2) is 0 Å². The van der Waals surface area contributed by atoms with Crippen LogP contribution in [0.2, 0.25) is 5.02 Å². The number of nitrogens with one attached hydrogen (secondary N) is 1. The third-order valence-corrected chi connectivity index (χ3v) is 6.01. The molecule has 2 saturated heterocycles. The Balaban J connectivity index is 1.55. The maximum atomic E-state index is 12.9. The van der Waals surface area contributed by atoms with Crippen molar-refractivity contribution < 1.29 is 9.53 Å². The minimum absolute atomic E-state index is 0.0713. The van der Waals surface area contributed by atoms with Gasteiger partial charge in [-0.05, 0) is 44.9 Å². The zero-order valence-electron chi connectivity index (χ0n) is 14.2. The lowest BCUT2D eigenvalue weighted by atomic mass is 9.97. The lowest BCUT2D eigenvalue weighted by Gasteiger charge is -2.36. The molecule has 1 aromatic carbocycles. The summed E-state index contributed by atoms with van der Waals surface area (Å²) in [5, 5.41) is 3.80. The van der Waals surface area contributed by atoms with E-state index < -0.39 is 0 Å². The summed E-state index contributed by atoms with van der Waals surface area (Å²) in [5.41, 5.74) is 1.44. The monoisotopic (exact) mass is 349 g/mol. The second-order valence-electron chi connectivity index (χ2n) is 7.26. The Morgan fingerprint density at radius 1 is 1.25 bits per heavy atom. The lowest BCUT2D eigenvalue weighted by Crippen LogP contribution is -2.48. The number of nitrogens with zero attached hydrogens (tertiary/aromatic N) is 2. The van der Waals surface area contributed by atoms with Crippen LogP contribution in [0.5, 0.6) is 5.75 Å². The number of likely N-dealkylation sites (N-methyl/N-ethyl adjacent to an activating group) is 1. The Labute approximate surface area is 147 Å². The average Bonchev–Trinajstić information content (AvgIpc) is 2.77. The van der Waals surface area contributed by atoms with Crippen LogP contribution in [-0.2, 0) is 0 Å². The summed E-state index contributed by atoms with van der Waals surface area (Å²) in [5.74, 6) is 0.583. The Morgan fingerprint density at radius 3 is 2.67 bits per heavy atom. The number of amides is 1. The first kappa shape index (κ1) is 16.0. The molecule has 0 spiro atoms. The van der Waals surface area contributed by atoms with Gasteiger partial charge in [-0.2, -0.15) is 0 Å². The summed E-state index contributed by atoms with van der Waals surface area (Å²) in [6.07, 6.45) is 4.55. The Morgan fingerprint density at radius 2 is 1.96 bits per heavy atom. The molecule has 0 radical (unpaired) electrons. The van der Waals surface area contributed by atoms with Crippen molar-refractivity contribution in [3.05, 3.63) is 22.7 Å². The van der Waals surface area contributed by atoms with Gasteiger partial charge in [0, 0.05) is 30.2 Å². The van der Waals surface area contributed by atoms with E-state index in [0.29, 0.717) is 35.0 Å². The second kappa shape index (κ2) is 6.12. The molecule has 3 heterocycles. The molecule has 3 aliphatic heterocycles. The predicted molar refractivity (Wildman–Crippen MR) is 95.3 cm³/mol. The van der Waals surface area contributed by atoms with E-state index in [4.69, 9.17) is 16.3 Å². The molecule has 130 valence electrons. The highest BCUT2D eigenvalue weighted by atomic mass is 35.5. The van der Waals surface area contributed by atoms with Crippen molar-refractivity contribution in [3.8, 4) is 5.75 Å². The lowest BCUT2D eigenvalue weighted by molar-refractivity contribution is 0.0878. The molecule has 2 fully saturated rings. The molecule has 1 aromatic rings. The standard InChI is InChI=1S/C18H24ClN3O2/c1-21-5-6-24-17-15(7-11(19)8-16(17)21)18(23)20-12-9-13-3-4-14(10-12)22(13)2/h7-8,12-14H,3-6,9-10H2,1-2H3,(H,20,23)/t12?,13-,14+. The number of hydrogen-bond acceptors (Lipinski definition) is 4. The van der Waals surface area contributed by atoms with Crippen LogP contribution in [0.1, 0.15) is 36.0 Å². The number of rotatable bonds is 2. The fourth-order valence-corrected chi connectivity index (χ4v) is 4.59. The molecule has 3 atom stereocenters. The van der Waals surface area contributed by atoms with E-state index in [-0.39, 0.29) is 11.9 Å². The molecule has 4 rings (SSSR count). The number of fused-ring (bicyclic) bond motifs is 3. The molecular formula is C18H24ClN3O2. The number of ether oxygens (including phenoxy) is 1. The number of carbonyl (C=O) groups is 1. The first-order valence-corrected chi connectivity index (χ1v) is 9.11. The van der Waals surface area contributed by atoms with Crippen molar-refractivity contribution in [2.75, 3.05) is 32.1 Å². The molecule has 0 aliphatic carbocycles. The van der Waals surface area contributed by atoms with Crippen molar-refractivity contribution >= 4 is 23.2 Å². The van der Waals surface area contributed by atoms with E-state index in [2.05, 4.69) is 22.2 Å². The van der Waals surface area contributed by atoms with Crippen LogP contribution in [0, 0.1) is 0 Å². The summed E-state index contributed by atoms with van der Waals surface area (Å²) in [6.45, 7) is 1.39. The average molecular weight is 350 g/mol. The van der Waals surface area contributed by atoms with Gasteiger partial charge in [0.2, 0.25) is 0 Å². The van der Waals surface area contributed by atoms with Gasteiger partial charge in [-0.1, -0.05) is 11.6 Å². The van der Waals surface area contributed by atoms with Gasteiger partial charge in [0.1, 0.15) is 6.61 Å². The van der Waals surface area contributed by atoms with Crippen LogP contribution in [-0.4, -0.2) is 56.2 Å². The van der Waals surface area contributed by atoms with Gasteiger partial charge >= 0.3 is 0 Å². The fourth-order valence-electron chi connectivity index (χ4n) is 4.38. The molecule has 5 nitrogen and oxygen atoms in total. The summed E-state index contributed by atoms with van der Waals surface area (Å²) in [4.78, 5) is 17.4. The zero-order chi connectivity index (χ0) is 16.8. The molecule has 0 aromatic heterocycles. The fraction of sp³-hybridized carbons (Fsp3) is 0.611. The maximum Gasteiger partial charge on any atom is 0.255 e. The van der Waals surface area contributed by atoms with E-state index in [1.807, 2.05) is 13.1 Å². The van der Waals surface area contributed by atoms with Gasteiger partial charge in [-0.15, -0.1) is 0 Å². The van der Waals surface area contributed by atoms with Gasteiger partial charge in [-0.3, -0.25) is 4.79 Å². The van der Waals surface area contributed by atoms with Gasteiger partial charge in [0.15, 0.2) is 5.75 Å². The Hall–Kier alpha value is -1.46. The number of hydrogen-bond donors (Lipinski definition) is 1. The summed E-state index contributed by atoms with van der Waals surface area (Å²) in [6, 6.07) is 5.03. The molecule has 6 heteroatoms. The van der Waals surface area contributed by atoms with Crippen LogP contribution >= 0.6 is 11.6 Å². The summed E-state index contributed by atoms with van der Waals surface area (Å²) < 4.78 is 5.79. The van der Waals surface area contributed by atoms with Gasteiger partial charge in [0.25, 0.3) is 5.91 Å². The quantitative estimate of drug-likeness (QED) is 0.891. The number of anilines is 1. The summed E-state index contributed by atoms with van der Waals surface area (Å²) >= 11 is 6.24. The molecular weight excluding hydrogens is 326 g/mol. The third-order valence-electron chi connectivity index (χ3n) is 5.80. The van der Waals surface area contributed by atoms with E-state index in [0.717, 1.165) is 25.1 Å². The van der Waals surface area contributed by atoms with Crippen molar-refractivity contribution in [2.24, 2.45) is 0 Å². The Kier molecular flexibility index (Phi) is 4.09. The summed E-state index contributed by atoms with van der Waals surface area (Å²) in [7, 11) is 4.20. The van der Waals surface area contributed by atoms with Crippen molar-refractivity contribution in [3.63, 3.8) is 0 Å². The van der Waals surface area contributed by atoms with Gasteiger partial charge in [0.05, 0.1) is 17.8 Å². The van der Waals surface area contributed by atoms with Gasteiger partial charge < -0.3 is 19.9 Å². The first-order chi connectivity index (χ1) is 11.5. The van der Waals surface area contributed by atoms with E-state index in [9.17, 15) is 4.79 Å². The van der Waals surface area contributed by atoms with Crippen molar-refractivity contribution in [2.45, 2.75) is 43.8 Å². The van der Waals surface area contributed by atoms with Crippen LogP contribution in [0.4, 0.5) is 5.69 Å². The van der Waals surface area contributed by atoms with Crippen LogP contribution in [0.25, 0.3) is 0 Å². The SMILES string of the molecule is CN1CCOc2c(C(=O)NC3C[C@H]4CC[C@@H](C3)N4C)cc(Cl)cc21. The molecule has 2 bridgehead atoms. The number of carbonyl (C=O) groups excluding carboxylic acids is 1. The topological polar surface area (TPSA) is 44.8 Å². The normalized spacial score (nSPS) is 29.1. The highest BCUT2D eigenvalue weighted by Crippen LogP contribution is 2.38. The highest BCUT2D eigenvalue weighted by molar-refractivity contribution is 6.31. The van der Waals surface area contributed by atoms with E-state index >= 15 is 0 Å². The number of halogens is 1.